The van der Waals surface area contributed by atoms with Crippen LogP contribution in [-0.4, -0.2) is 14.5 Å². The molecule has 0 bridgehead atoms. The minimum Gasteiger partial charge on any atom is -0.309 e. The molecule has 0 radical (unpaired) electrons. The molecular formula is C49H35N3. The predicted molar refractivity (Wildman–Crippen MR) is 218 cm³/mol. The highest BCUT2D eigenvalue weighted by atomic mass is 15.0. The molecule has 3 heteroatoms. The lowest BCUT2D eigenvalue weighted by molar-refractivity contribution is 0.651. The molecule has 2 aromatic heterocycles. The van der Waals surface area contributed by atoms with Gasteiger partial charge in [0.1, 0.15) is 0 Å². The van der Waals surface area contributed by atoms with Gasteiger partial charge in [-0.05, 0) is 81.3 Å². The maximum atomic E-state index is 5.22. The molecule has 0 saturated carbocycles. The van der Waals surface area contributed by atoms with E-state index in [9.17, 15) is 0 Å². The summed E-state index contributed by atoms with van der Waals surface area (Å²) in [6, 6.07) is 50.7. The molecule has 2 aliphatic rings. The molecule has 0 fully saturated rings. The summed E-state index contributed by atoms with van der Waals surface area (Å²) in [5.74, 6) is 0. The van der Waals surface area contributed by atoms with E-state index in [4.69, 9.17) is 9.97 Å². The van der Waals surface area contributed by atoms with E-state index in [1.807, 2.05) is 6.20 Å². The SMILES string of the molecule is CC1(C)C2=C(CCC(c3ccc(-c4cnc5c6ccccc6c6ccccc6c5n4)cc3)=C2)c2ccc(-n3c4ccccc4c4ccccc43)cc21. The van der Waals surface area contributed by atoms with Crippen molar-refractivity contribution in [1.29, 1.82) is 0 Å². The summed E-state index contributed by atoms with van der Waals surface area (Å²) in [6.07, 6.45) is 6.49. The Balaban J connectivity index is 0.947. The van der Waals surface area contributed by atoms with Crippen molar-refractivity contribution in [3.63, 3.8) is 0 Å². The van der Waals surface area contributed by atoms with Crippen molar-refractivity contribution in [3.8, 4) is 16.9 Å². The maximum Gasteiger partial charge on any atom is 0.0979 e. The molecule has 0 N–H and O–H groups in total. The molecule has 11 rings (SSSR count). The molecule has 3 nitrogen and oxygen atoms in total. The van der Waals surface area contributed by atoms with Crippen molar-refractivity contribution in [1.82, 2.24) is 14.5 Å². The summed E-state index contributed by atoms with van der Waals surface area (Å²) in [5.41, 5.74) is 16.0. The van der Waals surface area contributed by atoms with Crippen LogP contribution in [0.3, 0.4) is 0 Å². The van der Waals surface area contributed by atoms with Crippen LogP contribution < -0.4 is 0 Å². The lowest BCUT2D eigenvalue weighted by Gasteiger charge is -2.26. The van der Waals surface area contributed by atoms with E-state index in [1.165, 1.54) is 71.7 Å². The van der Waals surface area contributed by atoms with Crippen molar-refractivity contribution >= 4 is 65.5 Å². The second kappa shape index (κ2) is 10.8. The molecule has 0 spiro atoms. The molecule has 0 aliphatic heterocycles. The Hall–Kier alpha value is -6.32. The number of hydrogen-bond donors (Lipinski definition) is 0. The van der Waals surface area contributed by atoms with Crippen LogP contribution in [0.5, 0.6) is 0 Å². The van der Waals surface area contributed by atoms with Gasteiger partial charge in [-0.1, -0.05) is 135 Å². The Morgan fingerprint density at radius 2 is 1.13 bits per heavy atom. The van der Waals surface area contributed by atoms with Crippen LogP contribution in [0, 0.1) is 0 Å². The second-order valence-corrected chi connectivity index (χ2v) is 14.9. The maximum absolute atomic E-state index is 5.22. The molecule has 246 valence electrons. The smallest absolute Gasteiger partial charge is 0.0979 e. The lowest BCUT2D eigenvalue weighted by Crippen LogP contribution is -2.17. The molecule has 2 aliphatic carbocycles. The number of fused-ring (bicyclic) bond motifs is 11. The Morgan fingerprint density at radius 1 is 0.558 bits per heavy atom. The fraction of sp³-hybridized carbons (Fsp3) is 0.102. The molecule has 0 unspecified atom stereocenters. The van der Waals surface area contributed by atoms with Crippen molar-refractivity contribution in [2.45, 2.75) is 32.1 Å². The second-order valence-electron chi connectivity index (χ2n) is 14.9. The van der Waals surface area contributed by atoms with Crippen LogP contribution in [0.1, 0.15) is 43.4 Å². The summed E-state index contributed by atoms with van der Waals surface area (Å²) >= 11 is 0. The average Bonchev–Trinajstić information content (AvgIpc) is 3.66. The Morgan fingerprint density at radius 3 is 1.81 bits per heavy atom. The van der Waals surface area contributed by atoms with Crippen molar-refractivity contribution in [2.75, 3.05) is 0 Å². The molecule has 0 atom stereocenters. The number of allylic oxidation sites excluding steroid dienone is 4. The molecular weight excluding hydrogens is 631 g/mol. The first-order valence-electron chi connectivity index (χ1n) is 18.3. The van der Waals surface area contributed by atoms with Gasteiger partial charge in [-0.15, -0.1) is 0 Å². The van der Waals surface area contributed by atoms with Gasteiger partial charge < -0.3 is 4.57 Å². The first-order valence-corrected chi connectivity index (χ1v) is 18.3. The quantitative estimate of drug-likeness (QED) is 0.176. The minimum atomic E-state index is -0.0985. The Labute approximate surface area is 302 Å². The van der Waals surface area contributed by atoms with Gasteiger partial charge in [0.2, 0.25) is 0 Å². The molecule has 7 aromatic carbocycles. The third kappa shape index (κ3) is 4.14. The van der Waals surface area contributed by atoms with Gasteiger partial charge in [0.05, 0.1) is 34.0 Å². The zero-order valence-electron chi connectivity index (χ0n) is 29.2. The van der Waals surface area contributed by atoms with E-state index in [0.717, 1.165) is 45.9 Å². The van der Waals surface area contributed by atoms with E-state index in [1.54, 1.807) is 0 Å². The highest BCUT2D eigenvalue weighted by Gasteiger charge is 2.38. The zero-order chi connectivity index (χ0) is 34.6. The van der Waals surface area contributed by atoms with Crippen molar-refractivity contribution in [2.24, 2.45) is 0 Å². The Bertz CT molecular complexity index is 2940. The average molecular weight is 666 g/mol. The minimum absolute atomic E-state index is 0.0985. The van der Waals surface area contributed by atoms with Gasteiger partial charge in [-0.25, -0.2) is 4.98 Å². The topological polar surface area (TPSA) is 30.7 Å². The van der Waals surface area contributed by atoms with Crippen molar-refractivity contribution in [3.05, 3.63) is 174 Å². The number of para-hydroxylation sites is 2. The highest BCUT2D eigenvalue weighted by molar-refractivity contribution is 6.23. The normalized spacial score (nSPS) is 15.2. The molecule has 52 heavy (non-hydrogen) atoms. The van der Waals surface area contributed by atoms with Crippen LogP contribution in [0.15, 0.2) is 157 Å². The van der Waals surface area contributed by atoms with Gasteiger partial charge in [0, 0.05) is 38.2 Å². The summed E-state index contributed by atoms with van der Waals surface area (Å²) < 4.78 is 2.44. The van der Waals surface area contributed by atoms with Crippen LogP contribution in [0.4, 0.5) is 0 Å². The van der Waals surface area contributed by atoms with E-state index >= 15 is 0 Å². The third-order valence-corrected chi connectivity index (χ3v) is 11.8. The molecule has 2 heterocycles. The van der Waals surface area contributed by atoms with Gasteiger partial charge in [-0.2, -0.15) is 0 Å². The number of benzene rings is 7. The summed E-state index contributed by atoms with van der Waals surface area (Å²) in [7, 11) is 0. The van der Waals surface area contributed by atoms with E-state index < -0.39 is 0 Å². The molecule has 0 saturated heterocycles. The first kappa shape index (κ1) is 29.4. The molecule has 0 amide bonds. The van der Waals surface area contributed by atoms with Crippen LogP contribution in [0.25, 0.3) is 82.5 Å². The van der Waals surface area contributed by atoms with E-state index in [0.29, 0.717) is 0 Å². The molecule has 9 aromatic rings. The zero-order valence-corrected chi connectivity index (χ0v) is 29.2. The van der Waals surface area contributed by atoms with Crippen molar-refractivity contribution < 1.29 is 0 Å². The summed E-state index contributed by atoms with van der Waals surface area (Å²) in [4.78, 5) is 10.2. The monoisotopic (exact) mass is 665 g/mol. The fourth-order valence-corrected chi connectivity index (χ4v) is 9.21. The van der Waals surface area contributed by atoms with Crippen LogP contribution in [-0.2, 0) is 5.41 Å². The summed E-state index contributed by atoms with van der Waals surface area (Å²) in [5, 5.41) is 7.30. The third-order valence-electron chi connectivity index (χ3n) is 11.8. The van der Waals surface area contributed by atoms with Gasteiger partial charge in [0.15, 0.2) is 0 Å². The predicted octanol–water partition coefficient (Wildman–Crippen LogP) is 12.6. The largest absolute Gasteiger partial charge is 0.309 e. The number of aromatic nitrogens is 3. The first-order chi connectivity index (χ1) is 25.5. The Kier molecular flexibility index (Phi) is 6.13. The number of hydrogen-bond acceptors (Lipinski definition) is 2. The van der Waals surface area contributed by atoms with E-state index in [-0.39, 0.29) is 5.41 Å². The van der Waals surface area contributed by atoms with Gasteiger partial charge >= 0.3 is 0 Å². The standard InChI is InChI=1S/C49H35N3/c1-49(2)42-27-32(23-25-36(42)37-26-24-33(28-43(37)49)52-45-17-9-7-13-38(45)39-14-8-10-18-46(39)52)30-19-21-31(22-20-30)44-29-50-47-40-15-5-3-11-34(40)35-12-4-6-16-41(35)48(47)51-44/h3-22,24,26-29H,23,25H2,1-2H3. The van der Waals surface area contributed by atoms with Crippen LogP contribution >= 0.6 is 0 Å². The van der Waals surface area contributed by atoms with Crippen LogP contribution in [0.2, 0.25) is 0 Å². The lowest BCUT2D eigenvalue weighted by atomic mass is 9.78. The highest BCUT2D eigenvalue weighted by Crippen LogP contribution is 2.52. The number of rotatable bonds is 3. The number of nitrogens with zero attached hydrogens (tertiary/aromatic N) is 3. The summed E-state index contributed by atoms with van der Waals surface area (Å²) in [6.45, 7) is 4.80. The fourth-order valence-electron chi connectivity index (χ4n) is 9.21. The van der Waals surface area contributed by atoms with Gasteiger partial charge in [0.25, 0.3) is 0 Å². The van der Waals surface area contributed by atoms with Gasteiger partial charge in [-0.3, -0.25) is 4.98 Å². The van der Waals surface area contributed by atoms with E-state index in [2.05, 4.69) is 164 Å².